The molecular weight excluding hydrogens is 320 g/mol. The lowest BCUT2D eigenvalue weighted by Crippen LogP contribution is -1.87. The Kier molecular flexibility index (Phi) is 4.04. The predicted molar refractivity (Wildman–Crippen MR) is 90.4 cm³/mol. The van der Waals surface area contributed by atoms with Crippen LogP contribution < -0.4 is 4.74 Å². The fraction of sp³-hybridized carbons (Fsp3) is 0.214. The first-order valence-corrected chi connectivity index (χ1v) is 8.33. The number of hydrogen-bond acceptors (Lipinski definition) is 7. The summed E-state index contributed by atoms with van der Waals surface area (Å²) in [5, 5.41) is 15.5. The lowest BCUT2D eigenvalue weighted by Gasteiger charge is -1.99. The third-order valence-electron chi connectivity index (χ3n) is 2.98. The smallest absolute Gasteiger partial charge is 0.189 e. The fourth-order valence-electron chi connectivity index (χ4n) is 2.00. The predicted octanol–water partition coefficient (Wildman–Crippen LogP) is 3.45. The molecule has 2 aromatic heterocycles. The van der Waals surface area contributed by atoms with Gasteiger partial charge in [-0.3, -0.25) is 0 Å². The zero-order valence-electron chi connectivity index (χ0n) is 12.1. The highest BCUT2D eigenvalue weighted by Gasteiger charge is 2.15. The van der Waals surface area contributed by atoms with E-state index >= 15 is 0 Å². The minimum absolute atomic E-state index is 0.155. The summed E-state index contributed by atoms with van der Waals surface area (Å²) in [7, 11) is 1.56. The van der Waals surface area contributed by atoms with Gasteiger partial charge in [-0.1, -0.05) is 18.7 Å². The number of aromatic nitrogens is 3. The molecule has 2 heterocycles. The Hall–Kier alpha value is -2.06. The number of methoxy groups -OCH3 is 1. The lowest BCUT2D eigenvalue weighted by molar-refractivity contribution is 0.409. The van der Waals surface area contributed by atoms with Crippen molar-refractivity contribution in [1.29, 1.82) is 0 Å². The van der Waals surface area contributed by atoms with Gasteiger partial charge in [-0.05, 0) is 5.75 Å². The van der Waals surface area contributed by atoms with Crippen LogP contribution in [0.25, 0.3) is 20.9 Å². The molecule has 0 unspecified atom stereocenters. The Morgan fingerprint density at radius 3 is 2.95 bits per heavy atom. The van der Waals surface area contributed by atoms with Crippen LogP contribution in [0, 0.1) is 0 Å². The van der Waals surface area contributed by atoms with Crippen molar-refractivity contribution < 1.29 is 9.84 Å². The highest BCUT2D eigenvalue weighted by molar-refractivity contribution is 7.99. The van der Waals surface area contributed by atoms with Crippen LogP contribution in [-0.2, 0) is 0 Å². The number of phenols is 1. The van der Waals surface area contributed by atoms with Gasteiger partial charge in [0.15, 0.2) is 5.16 Å². The molecule has 0 saturated carbocycles. The number of thioether (sulfide) groups is 1. The van der Waals surface area contributed by atoms with Gasteiger partial charge < -0.3 is 9.84 Å². The molecule has 6 nitrogen and oxygen atoms in total. The molecule has 1 aromatic carbocycles. The number of thiazole rings is 1. The Morgan fingerprint density at radius 1 is 1.45 bits per heavy atom. The number of ether oxygens (including phenoxy) is 1. The van der Waals surface area contributed by atoms with Crippen molar-refractivity contribution in [3.05, 3.63) is 18.3 Å². The standard InChI is InChI=1S/C14H14N4O2S2/c1-4-21-14-17-10(7-18(14)15-2)13-16-9-5-8(20-3)6-11(19)12(9)22-13/h5-7,19H,2,4H2,1,3H3. The molecule has 3 aromatic rings. The molecule has 0 spiro atoms. The van der Waals surface area contributed by atoms with Gasteiger partial charge in [0.25, 0.3) is 0 Å². The average Bonchev–Trinajstić information content (AvgIpc) is 3.11. The number of nitrogens with zero attached hydrogens (tertiary/aromatic N) is 4. The normalized spacial score (nSPS) is 11.0. The summed E-state index contributed by atoms with van der Waals surface area (Å²) >= 11 is 2.97. The maximum atomic E-state index is 10.1. The molecule has 0 fully saturated rings. The van der Waals surface area contributed by atoms with E-state index in [9.17, 15) is 5.11 Å². The van der Waals surface area contributed by atoms with Crippen molar-refractivity contribution in [2.24, 2.45) is 5.10 Å². The Labute approximate surface area is 135 Å². The maximum absolute atomic E-state index is 10.1. The number of phenolic OH excluding ortho intramolecular Hbond substituents is 1. The van der Waals surface area contributed by atoms with Gasteiger partial charge in [0, 0.05) is 18.9 Å². The molecule has 114 valence electrons. The summed E-state index contributed by atoms with van der Waals surface area (Å²) < 4.78 is 7.49. The second-order valence-corrected chi connectivity index (χ2v) is 6.57. The van der Waals surface area contributed by atoms with Crippen LogP contribution in [0.3, 0.4) is 0 Å². The van der Waals surface area contributed by atoms with E-state index in [1.165, 1.54) is 11.3 Å². The monoisotopic (exact) mass is 334 g/mol. The molecule has 0 atom stereocenters. The Bertz CT molecular complexity index is 841. The number of imidazole rings is 1. The van der Waals surface area contributed by atoms with E-state index in [1.54, 1.807) is 41.9 Å². The number of aromatic hydroxyl groups is 1. The largest absolute Gasteiger partial charge is 0.506 e. The minimum Gasteiger partial charge on any atom is -0.506 e. The van der Waals surface area contributed by atoms with Crippen LogP contribution in [-0.4, -0.2) is 39.3 Å². The number of hydrogen-bond donors (Lipinski definition) is 1. The third-order valence-corrected chi connectivity index (χ3v) is 4.92. The molecular formula is C14H14N4O2S2. The molecule has 8 heteroatoms. The number of fused-ring (bicyclic) bond motifs is 1. The van der Waals surface area contributed by atoms with Gasteiger partial charge in [0.2, 0.25) is 0 Å². The highest BCUT2D eigenvalue weighted by Crippen LogP contribution is 2.38. The van der Waals surface area contributed by atoms with Crippen molar-refractivity contribution in [1.82, 2.24) is 14.6 Å². The summed E-state index contributed by atoms with van der Waals surface area (Å²) in [6.45, 7) is 5.60. The van der Waals surface area contributed by atoms with Crippen LogP contribution in [0.4, 0.5) is 0 Å². The van der Waals surface area contributed by atoms with Gasteiger partial charge >= 0.3 is 0 Å². The summed E-state index contributed by atoms with van der Waals surface area (Å²) in [4.78, 5) is 9.07. The molecule has 3 rings (SSSR count). The van der Waals surface area contributed by atoms with Crippen molar-refractivity contribution >= 4 is 40.0 Å². The van der Waals surface area contributed by atoms with E-state index in [1.807, 2.05) is 0 Å². The van der Waals surface area contributed by atoms with Gasteiger partial charge in [0.05, 0.1) is 23.5 Å². The van der Waals surface area contributed by atoms with Crippen LogP contribution in [0.15, 0.2) is 28.6 Å². The molecule has 0 aliphatic carbocycles. The second kappa shape index (κ2) is 5.98. The first-order valence-electron chi connectivity index (χ1n) is 6.53. The summed E-state index contributed by atoms with van der Waals surface area (Å²) in [5.41, 5.74) is 1.39. The molecule has 0 saturated heterocycles. The first kappa shape index (κ1) is 14.9. The van der Waals surface area contributed by atoms with Crippen LogP contribution in [0.2, 0.25) is 0 Å². The van der Waals surface area contributed by atoms with Gasteiger partial charge in [0.1, 0.15) is 22.2 Å². The average molecular weight is 334 g/mol. The zero-order chi connectivity index (χ0) is 15.7. The van der Waals surface area contributed by atoms with E-state index in [2.05, 4.69) is 28.7 Å². The van der Waals surface area contributed by atoms with Gasteiger partial charge in [-0.25, -0.2) is 14.6 Å². The van der Waals surface area contributed by atoms with Crippen molar-refractivity contribution in [3.8, 4) is 22.2 Å². The molecule has 0 amide bonds. The second-order valence-electron chi connectivity index (χ2n) is 4.34. The Balaban J connectivity index is 2.10. The van der Waals surface area contributed by atoms with Gasteiger partial charge in [-0.15, -0.1) is 11.3 Å². The maximum Gasteiger partial charge on any atom is 0.189 e. The van der Waals surface area contributed by atoms with Crippen LogP contribution in [0.1, 0.15) is 6.92 Å². The quantitative estimate of drug-likeness (QED) is 0.571. The summed E-state index contributed by atoms with van der Waals surface area (Å²) in [6, 6.07) is 3.37. The topological polar surface area (TPSA) is 72.5 Å². The van der Waals surface area contributed by atoms with Crippen molar-refractivity contribution in [2.75, 3.05) is 12.9 Å². The highest BCUT2D eigenvalue weighted by atomic mass is 32.2. The lowest BCUT2D eigenvalue weighted by atomic mass is 10.3. The molecule has 0 aliphatic heterocycles. The van der Waals surface area contributed by atoms with Crippen LogP contribution >= 0.6 is 23.1 Å². The van der Waals surface area contributed by atoms with E-state index in [4.69, 9.17) is 4.74 Å². The van der Waals surface area contributed by atoms with E-state index < -0.39 is 0 Å². The molecule has 0 aliphatic rings. The first-order chi connectivity index (χ1) is 10.7. The van der Waals surface area contributed by atoms with Crippen LogP contribution in [0.5, 0.6) is 11.5 Å². The third kappa shape index (κ3) is 2.55. The molecule has 0 radical (unpaired) electrons. The molecule has 1 N–H and O–H groups in total. The van der Waals surface area contributed by atoms with Crippen molar-refractivity contribution in [3.63, 3.8) is 0 Å². The SMILES string of the molecule is C=Nn1cc(-c2nc3cc(OC)cc(O)c3s2)nc1SCC. The zero-order valence-corrected chi connectivity index (χ0v) is 13.7. The fourth-order valence-corrected chi connectivity index (χ4v) is 3.58. The number of benzene rings is 1. The molecule has 22 heavy (non-hydrogen) atoms. The van der Waals surface area contributed by atoms with E-state index in [0.717, 1.165) is 15.9 Å². The molecule has 0 bridgehead atoms. The van der Waals surface area contributed by atoms with Crippen molar-refractivity contribution in [2.45, 2.75) is 12.1 Å². The number of rotatable bonds is 5. The Morgan fingerprint density at radius 2 is 2.27 bits per heavy atom. The minimum atomic E-state index is 0.155. The van der Waals surface area contributed by atoms with Gasteiger partial charge in [-0.2, -0.15) is 5.10 Å². The summed E-state index contributed by atoms with van der Waals surface area (Å²) in [6.07, 6.45) is 1.79. The summed E-state index contributed by atoms with van der Waals surface area (Å²) in [5.74, 6) is 1.62. The van der Waals surface area contributed by atoms with E-state index in [-0.39, 0.29) is 5.75 Å². The van der Waals surface area contributed by atoms with E-state index in [0.29, 0.717) is 21.7 Å².